The average molecular weight is 266 g/mol. The van der Waals surface area contributed by atoms with Gasteiger partial charge in [-0.2, -0.15) is 13.2 Å². The summed E-state index contributed by atoms with van der Waals surface area (Å²) in [6.07, 6.45) is 0.691. The molecule has 0 aliphatic heterocycles. The third-order valence-electron chi connectivity index (χ3n) is 1.89. The number of hydrogen-bond donors (Lipinski definition) is 2. The fourth-order valence-electron chi connectivity index (χ4n) is 1.08. The van der Waals surface area contributed by atoms with Crippen LogP contribution in [0, 0.1) is 12.3 Å². The second kappa shape index (κ2) is 6.74. The molecule has 0 aliphatic carbocycles. The van der Waals surface area contributed by atoms with Gasteiger partial charge in [-0.1, -0.05) is 12.8 Å². The zero-order valence-corrected chi connectivity index (χ0v) is 9.62. The monoisotopic (exact) mass is 266 g/mol. The molecule has 2 N–H and O–H groups in total. The standard InChI is InChI=1S/C10H13F3N2O3/c1-3-7(4-2)14-9(18)15(5-8(16)17)6-10(11,12)13/h1,7H,4-6H2,2H3,(H,14,18)(H,16,17). The normalized spacial score (nSPS) is 12.4. The fraction of sp³-hybridized carbons (Fsp3) is 0.600. The topological polar surface area (TPSA) is 69.6 Å². The highest BCUT2D eigenvalue weighted by Gasteiger charge is 2.34. The molecule has 102 valence electrons. The number of terminal acetylenes is 1. The van der Waals surface area contributed by atoms with E-state index in [4.69, 9.17) is 11.5 Å². The maximum absolute atomic E-state index is 12.2. The first kappa shape index (κ1) is 16.1. The smallest absolute Gasteiger partial charge is 0.406 e. The Hall–Kier alpha value is -1.91. The molecule has 0 aromatic rings. The van der Waals surface area contributed by atoms with Crippen LogP contribution in [0.3, 0.4) is 0 Å². The van der Waals surface area contributed by atoms with Gasteiger partial charge in [0.2, 0.25) is 0 Å². The summed E-state index contributed by atoms with van der Waals surface area (Å²) in [6, 6.07) is -1.89. The number of aliphatic carboxylic acids is 1. The maximum atomic E-state index is 12.2. The highest BCUT2D eigenvalue weighted by Crippen LogP contribution is 2.16. The van der Waals surface area contributed by atoms with E-state index in [0.717, 1.165) is 0 Å². The van der Waals surface area contributed by atoms with Crippen LogP contribution in [0.4, 0.5) is 18.0 Å². The molecule has 1 unspecified atom stereocenters. The molecule has 0 saturated heterocycles. The number of hydrogen-bond acceptors (Lipinski definition) is 2. The third kappa shape index (κ3) is 6.62. The van der Waals surface area contributed by atoms with Crippen LogP contribution in [0.25, 0.3) is 0 Å². The zero-order chi connectivity index (χ0) is 14.3. The molecule has 0 heterocycles. The second-order valence-electron chi connectivity index (χ2n) is 3.44. The lowest BCUT2D eigenvalue weighted by Gasteiger charge is -2.24. The number of nitrogens with zero attached hydrogens (tertiary/aromatic N) is 1. The predicted molar refractivity (Wildman–Crippen MR) is 56.7 cm³/mol. The lowest BCUT2D eigenvalue weighted by molar-refractivity contribution is -0.149. The molecular formula is C10H13F3N2O3. The Kier molecular flexibility index (Phi) is 6.02. The third-order valence-corrected chi connectivity index (χ3v) is 1.89. The van der Waals surface area contributed by atoms with E-state index in [1.165, 1.54) is 0 Å². The number of carbonyl (C=O) groups excluding carboxylic acids is 1. The van der Waals surface area contributed by atoms with Gasteiger partial charge in [-0.25, -0.2) is 4.79 Å². The van der Waals surface area contributed by atoms with Crippen LogP contribution in [-0.2, 0) is 4.79 Å². The van der Waals surface area contributed by atoms with Crippen molar-refractivity contribution >= 4 is 12.0 Å². The highest BCUT2D eigenvalue weighted by molar-refractivity contribution is 5.80. The molecule has 0 rings (SSSR count). The molecular weight excluding hydrogens is 253 g/mol. The Morgan fingerprint density at radius 2 is 2.06 bits per heavy atom. The molecule has 0 aromatic carbocycles. The second-order valence-corrected chi connectivity index (χ2v) is 3.44. The van der Waals surface area contributed by atoms with Crippen LogP contribution in [0.2, 0.25) is 0 Å². The molecule has 0 spiro atoms. The SMILES string of the molecule is C#CC(CC)NC(=O)N(CC(=O)O)CC(F)(F)F. The summed E-state index contributed by atoms with van der Waals surface area (Å²) >= 11 is 0. The van der Waals surface area contributed by atoms with Gasteiger partial charge in [-0.05, 0) is 6.42 Å². The van der Waals surface area contributed by atoms with Gasteiger partial charge in [0, 0.05) is 0 Å². The van der Waals surface area contributed by atoms with Crippen molar-refractivity contribution < 1.29 is 27.9 Å². The van der Waals surface area contributed by atoms with Gasteiger partial charge in [0.15, 0.2) is 0 Å². The van der Waals surface area contributed by atoms with Crippen LogP contribution in [0.5, 0.6) is 0 Å². The molecule has 0 fully saturated rings. The van der Waals surface area contributed by atoms with Gasteiger partial charge in [0.05, 0.1) is 6.04 Å². The quantitative estimate of drug-likeness (QED) is 0.731. The molecule has 0 aromatic heterocycles. The average Bonchev–Trinajstić information content (AvgIpc) is 2.22. The van der Waals surface area contributed by atoms with Crippen molar-refractivity contribution in [3.05, 3.63) is 0 Å². The van der Waals surface area contributed by atoms with Crippen LogP contribution in [0.15, 0.2) is 0 Å². The molecule has 5 nitrogen and oxygen atoms in total. The van der Waals surface area contributed by atoms with Gasteiger partial charge in [0.25, 0.3) is 0 Å². The first-order chi connectivity index (χ1) is 8.19. The van der Waals surface area contributed by atoms with Gasteiger partial charge in [-0.15, -0.1) is 6.42 Å². The largest absolute Gasteiger partial charge is 0.480 e. The Balaban J connectivity index is 4.70. The van der Waals surface area contributed by atoms with Crippen molar-refractivity contribution in [3.8, 4) is 12.3 Å². The van der Waals surface area contributed by atoms with Crippen LogP contribution >= 0.6 is 0 Å². The first-order valence-electron chi connectivity index (χ1n) is 4.99. The van der Waals surface area contributed by atoms with Gasteiger partial charge in [0.1, 0.15) is 13.1 Å². The van der Waals surface area contributed by atoms with E-state index in [1.807, 2.05) is 0 Å². The van der Waals surface area contributed by atoms with Crippen molar-refractivity contribution in [2.45, 2.75) is 25.6 Å². The van der Waals surface area contributed by atoms with E-state index in [1.54, 1.807) is 6.92 Å². The summed E-state index contributed by atoms with van der Waals surface area (Å²) in [5.41, 5.74) is 0. The maximum Gasteiger partial charge on any atom is 0.406 e. The highest BCUT2D eigenvalue weighted by atomic mass is 19.4. The zero-order valence-electron chi connectivity index (χ0n) is 9.62. The lowest BCUT2D eigenvalue weighted by atomic mass is 10.2. The van der Waals surface area contributed by atoms with E-state index in [-0.39, 0.29) is 4.90 Å². The minimum atomic E-state index is -4.68. The number of alkyl halides is 3. The number of halogens is 3. The fourth-order valence-corrected chi connectivity index (χ4v) is 1.08. The first-order valence-corrected chi connectivity index (χ1v) is 4.99. The van der Waals surface area contributed by atoms with E-state index in [9.17, 15) is 22.8 Å². The molecule has 0 radical (unpaired) electrons. The summed E-state index contributed by atoms with van der Waals surface area (Å²) in [4.78, 5) is 22.0. The van der Waals surface area contributed by atoms with Gasteiger partial charge < -0.3 is 15.3 Å². The Labute approximate surface area is 102 Å². The molecule has 1 atom stereocenters. The van der Waals surface area contributed by atoms with Crippen LogP contribution < -0.4 is 5.32 Å². The number of carboxylic acids is 1. The molecule has 0 bridgehead atoms. The number of rotatable bonds is 5. The van der Waals surface area contributed by atoms with Crippen molar-refractivity contribution in [2.75, 3.05) is 13.1 Å². The van der Waals surface area contributed by atoms with Crippen LogP contribution in [0.1, 0.15) is 13.3 Å². The van der Waals surface area contributed by atoms with Gasteiger partial charge >= 0.3 is 18.2 Å². The molecule has 18 heavy (non-hydrogen) atoms. The van der Waals surface area contributed by atoms with E-state index in [0.29, 0.717) is 6.42 Å². The van der Waals surface area contributed by atoms with E-state index in [2.05, 4.69) is 11.2 Å². The van der Waals surface area contributed by atoms with Gasteiger partial charge in [-0.3, -0.25) is 4.79 Å². The molecule has 0 aliphatic rings. The minimum Gasteiger partial charge on any atom is -0.480 e. The summed E-state index contributed by atoms with van der Waals surface area (Å²) in [6.45, 7) is -1.06. The van der Waals surface area contributed by atoms with E-state index < -0.39 is 37.3 Å². The van der Waals surface area contributed by atoms with Crippen molar-refractivity contribution in [1.82, 2.24) is 10.2 Å². The lowest BCUT2D eigenvalue weighted by Crippen LogP contribution is -2.49. The summed E-state index contributed by atoms with van der Waals surface area (Å²) < 4.78 is 36.5. The predicted octanol–water partition coefficient (Wildman–Crippen LogP) is 1.06. The molecule has 8 heteroatoms. The summed E-state index contributed by atoms with van der Waals surface area (Å²) in [5.74, 6) is 0.628. The summed E-state index contributed by atoms with van der Waals surface area (Å²) in [5, 5.41) is 10.6. The van der Waals surface area contributed by atoms with E-state index >= 15 is 0 Å². The Bertz CT molecular complexity index is 349. The number of amides is 2. The Morgan fingerprint density at radius 1 is 1.50 bits per heavy atom. The number of carbonyl (C=O) groups is 2. The number of carboxylic acid groups (broad SMARTS) is 1. The number of urea groups is 1. The summed E-state index contributed by atoms with van der Waals surface area (Å²) in [7, 11) is 0. The van der Waals surface area contributed by atoms with Crippen molar-refractivity contribution in [3.63, 3.8) is 0 Å². The van der Waals surface area contributed by atoms with Crippen LogP contribution in [-0.4, -0.2) is 47.3 Å². The van der Waals surface area contributed by atoms with Crippen molar-refractivity contribution in [2.24, 2.45) is 0 Å². The molecule has 2 amide bonds. The minimum absolute atomic E-state index is 0.141. The number of nitrogens with one attached hydrogen (secondary N) is 1. The molecule has 0 saturated carbocycles. The Morgan fingerprint density at radius 3 is 2.39 bits per heavy atom. The van der Waals surface area contributed by atoms with Crippen molar-refractivity contribution in [1.29, 1.82) is 0 Å².